The molecule has 2 nitrogen and oxygen atoms in total. The van der Waals surface area contributed by atoms with Crippen molar-refractivity contribution in [2.75, 3.05) is 0 Å². The molecule has 0 saturated heterocycles. The Bertz CT molecular complexity index is 60.2. The van der Waals surface area contributed by atoms with Gasteiger partial charge in [0.2, 0.25) is 0 Å². The lowest BCUT2D eigenvalue weighted by Gasteiger charge is -2.03. The minimum atomic E-state index is -0.593. The van der Waals surface area contributed by atoms with Gasteiger partial charge in [0.05, 0.1) is 12.2 Å². The highest BCUT2D eigenvalue weighted by molar-refractivity contribution is 4.50. The molecule has 0 heterocycles. The highest BCUT2D eigenvalue weighted by Gasteiger charge is 1.99. The van der Waals surface area contributed by atoms with Crippen molar-refractivity contribution < 1.29 is 10.2 Å². The molecule has 2 heteroatoms. The van der Waals surface area contributed by atoms with E-state index in [-0.39, 0.29) is 0 Å². The van der Waals surface area contributed by atoms with E-state index in [1.807, 2.05) is 0 Å². The Morgan fingerprint density at radius 1 is 0.833 bits per heavy atom. The summed E-state index contributed by atoms with van der Waals surface area (Å²) in [6, 6.07) is 0. The molecular formula is C10H24O2. The summed E-state index contributed by atoms with van der Waals surface area (Å²) in [5.41, 5.74) is 0. The van der Waals surface area contributed by atoms with Gasteiger partial charge in [-0.15, -0.1) is 0 Å². The van der Waals surface area contributed by atoms with Crippen LogP contribution in [0, 0.1) is 0 Å². The third-order valence-corrected chi connectivity index (χ3v) is 1.66. The summed E-state index contributed by atoms with van der Waals surface area (Å²) in [4.78, 5) is 0. The molecule has 0 spiro atoms. The molecule has 0 rings (SSSR count). The molecule has 12 heavy (non-hydrogen) atoms. The van der Waals surface area contributed by atoms with Crippen molar-refractivity contribution >= 4 is 0 Å². The molecular weight excluding hydrogens is 152 g/mol. The van der Waals surface area contributed by atoms with E-state index in [4.69, 9.17) is 10.2 Å². The van der Waals surface area contributed by atoms with Gasteiger partial charge in [-0.25, -0.2) is 0 Å². The molecule has 0 bridgehead atoms. The van der Waals surface area contributed by atoms with Crippen LogP contribution in [0.3, 0.4) is 0 Å². The fraction of sp³-hybridized carbons (Fsp3) is 1.00. The van der Waals surface area contributed by atoms with E-state index >= 15 is 0 Å². The third kappa shape index (κ3) is 16.5. The topological polar surface area (TPSA) is 40.5 Å². The zero-order chi connectivity index (χ0) is 9.98. The highest BCUT2D eigenvalue weighted by Crippen LogP contribution is 1.95. The molecule has 2 unspecified atom stereocenters. The van der Waals surface area contributed by atoms with Gasteiger partial charge in [0.25, 0.3) is 0 Å². The van der Waals surface area contributed by atoms with Crippen molar-refractivity contribution in [1.82, 2.24) is 0 Å². The van der Waals surface area contributed by atoms with Crippen LogP contribution in [0.2, 0.25) is 0 Å². The number of hydrogen-bond donors (Lipinski definition) is 2. The second kappa shape index (κ2) is 10.9. The molecule has 0 saturated carbocycles. The minimum Gasteiger partial charge on any atom is -0.391 e. The van der Waals surface area contributed by atoms with Crippen LogP contribution < -0.4 is 0 Å². The van der Waals surface area contributed by atoms with E-state index in [0.29, 0.717) is 0 Å². The van der Waals surface area contributed by atoms with Crippen molar-refractivity contribution in [2.45, 2.75) is 65.6 Å². The van der Waals surface area contributed by atoms with Gasteiger partial charge in [0, 0.05) is 0 Å². The first-order chi connectivity index (χ1) is 5.56. The van der Waals surface area contributed by atoms with Crippen LogP contribution in [-0.2, 0) is 0 Å². The predicted molar refractivity (Wildman–Crippen MR) is 53.2 cm³/mol. The molecule has 0 aromatic rings. The smallest absolute Gasteiger partial charge is 0.0768 e. The Morgan fingerprint density at radius 2 is 1.08 bits per heavy atom. The first-order valence-electron chi connectivity index (χ1n) is 4.92. The molecule has 0 aliphatic rings. The minimum absolute atomic E-state index is 0.593. The number of aliphatic hydroxyl groups is 2. The van der Waals surface area contributed by atoms with Crippen molar-refractivity contribution in [3.63, 3.8) is 0 Å². The average Bonchev–Trinajstić information content (AvgIpc) is 2.02. The molecule has 76 valence electrons. The molecule has 0 aliphatic heterocycles. The summed E-state index contributed by atoms with van der Waals surface area (Å²) in [5, 5.41) is 16.8. The molecule has 0 aliphatic carbocycles. The molecule has 0 aromatic carbocycles. The number of hydrogen-bond acceptors (Lipinski definition) is 2. The number of rotatable bonds is 4. The maximum Gasteiger partial charge on any atom is 0.0768 e. The first-order valence-corrected chi connectivity index (χ1v) is 4.92. The Labute approximate surface area is 76.6 Å². The standard InChI is InChI=1S/C6H14.C4H10O2/c1-3-5-6-4-2;1-3(5)4(2)6/h3-6H2,1-2H3;3-6H,1-2H3. The summed E-state index contributed by atoms with van der Waals surface area (Å²) in [7, 11) is 0. The Morgan fingerprint density at radius 3 is 1.17 bits per heavy atom. The van der Waals surface area contributed by atoms with Gasteiger partial charge in [-0.3, -0.25) is 0 Å². The molecule has 2 N–H and O–H groups in total. The first kappa shape index (κ1) is 14.4. The monoisotopic (exact) mass is 176 g/mol. The van der Waals surface area contributed by atoms with E-state index in [1.54, 1.807) is 13.8 Å². The van der Waals surface area contributed by atoms with Crippen molar-refractivity contribution in [1.29, 1.82) is 0 Å². The van der Waals surface area contributed by atoms with Crippen LogP contribution in [-0.4, -0.2) is 22.4 Å². The summed E-state index contributed by atoms with van der Waals surface area (Å²) in [5.74, 6) is 0. The van der Waals surface area contributed by atoms with E-state index in [1.165, 1.54) is 25.7 Å². The van der Waals surface area contributed by atoms with Crippen LogP contribution in [0.4, 0.5) is 0 Å². The van der Waals surface area contributed by atoms with Crippen LogP contribution >= 0.6 is 0 Å². The molecule has 0 aromatic heterocycles. The highest BCUT2D eigenvalue weighted by atomic mass is 16.3. The number of aliphatic hydroxyl groups excluding tert-OH is 2. The quantitative estimate of drug-likeness (QED) is 0.645. The Balaban J connectivity index is 0. The lowest BCUT2D eigenvalue weighted by molar-refractivity contribution is 0.0438. The van der Waals surface area contributed by atoms with E-state index in [0.717, 1.165) is 0 Å². The summed E-state index contributed by atoms with van der Waals surface area (Å²) >= 11 is 0. The zero-order valence-corrected chi connectivity index (χ0v) is 8.88. The fourth-order valence-electron chi connectivity index (χ4n) is 0.500. The summed E-state index contributed by atoms with van der Waals surface area (Å²) in [6.07, 6.45) is 4.35. The van der Waals surface area contributed by atoms with Gasteiger partial charge in [-0.1, -0.05) is 39.5 Å². The van der Waals surface area contributed by atoms with Gasteiger partial charge in [-0.2, -0.15) is 0 Å². The largest absolute Gasteiger partial charge is 0.391 e. The van der Waals surface area contributed by atoms with Crippen molar-refractivity contribution in [3.8, 4) is 0 Å². The zero-order valence-electron chi connectivity index (χ0n) is 8.88. The van der Waals surface area contributed by atoms with Crippen molar-refractivity contribution in [2.24, 2.45) is 0 Å². The normalized spacial score (nSPS) is 14.5. The van der Waals surface area contributed by atoms with Crippen LogP contribution in [0.15, 0.2) is 0 Å². The second-order valence-corrected chi connectivity index (χ2v) is 3.19. The average molecular weight is 176 g/mol. The van der Waals surface area contributed by atoms with Crippen LogP contribution in [0.25, 0.3) is 0 Å². The lowest BCUT2D eigenvalue weighted by Crippen LogP contribution is -2.17. The SMILES string of the molecule is CC(O)C(C)O.CCCCCC. The van der Waals surface area contributed by atoms with E-state index < -0.39 is 12.2 Å². The summed E-state index contributed by atoms with van der Waals surface area (Å²) in [6.45, 7) is 7.56. The Kier molecular flexibility index (Phi) is 13.1. The maximum atomic E-state index is 8.38. The summed E-state index contributed by atoms with van der Waals surface area (Å²) < 4.78 is 0. The fourth-order valence-corrected chi connectivity index (χ4v) is 0.500. The Hall–Kier alpha value is -0.0800. The third-order valence-electron chi connectivity index (χ3n) is 1.66. The second-order valence-electron chi connectivity index (χ2n) is 3.19. The van der Waals surface area contributed by atoms with Crippen LogP contribution in [0.5, 0.6) is 0 Å². The van der Waals surface area contributed by atoms with E-state index in [2.05, 4.69) is 13.8 Å². The molecule has 0 fully saturated rings. The van der Waals surface area contributed by atoms with Crippen molar-refractivity contribution in [3.05, 3.63) is 0 Å². The van der Waals surface area contributed by atoms with E-state index in [9.17, 15) is 0 Å². The van der Waals surface area contributed by atoms with Gasteiger partial charge >= 0.3 is 0 Å². The van der Waals surface area contributed by atoms with Gasteiger partial charge in [0.15, 0.2) is 0 Å². The van der Waals surface area contributed by atoms with Gasteiger partial charge < -0.3 is 10.2 Å². The molecule has 2 atom stereocenters. The number of unbranched alkanes of at least 4 members (excludes halogenated alkanes) is 3. The van der Waals surface area contributed by atoms with Crippen LogP contribution in [0.1, 0.15) is 53.4 Å². The molecule has 0 radical (unpaired) electrons. The predicted octanol–water partition coefficient (Wildman–Crippen LogP) is 2.33. The maximum absolute atomic E-state index is 8.38. The lowest BCUT2D eigenvalue weighted by atomic mass is 10.2. The van der Waals surface area contributed by atoms with Gasteiger partial charge in [0.1, 0.15) is 0 Å². The molecule has 0 amide bonds. The van der Waals surface area contributed by atoms with Gasteiger partial charge in [-0.05, 0) is 13.8 Å².